The van der Waals surface area contributed by atoms with Crippen molar-refractivity contribution in [1.82, 2.24) is 4.57 Å². The van der Waals surface area contributed by atoms with Crippen molar-refractivity contribution in [3.05, 3.63) is 94.2 Å². The van der Waals surface area contributed by atoms with Crippen molar-refractivity contribution < 1.29 is 14.3 Å². The molecule has 2 heterocycles. The Morgan fingerprint density at radius 2 is 1.83 bits per heavy atom. The SMILES string of the molecule is Cc1ccc(NC(CC(=O)c2c(O)c3ccccc3n(C)c2=O)c2ccco2)cc1. The van der Waals surface area contributed by atoms with E-state index in [0.29, 0.717) is 16.7 Å². The summed E-state index contributed by atoms with van der Waals surface area (Å²) in [4.78, 5) is 26.0. The minimum absolute atomic E-state index is 0.0530. The predicted molar refractivity (Wildman–Crippen MR) is 116 cm³/mol. The number of furan rings is 1. The van der Waals surface area contributed by atoms with E-state index in [1.807, 2.05) is 31.2 Å². The van der Waals surface area contributed by atoms with Gasteiger partial charge < -0.3 is 19.4 Å². The number of fused-ring (bicyclic) bond motifs is 1. The van der Waals surface area contributed by atoms with Crippen LogP contribution >= 0.6 is 0 Å². The second kappa shape index (κ2) is 7.91. The van der Waals surface area contributed by atoms with E-state index in [9.17, 15) is 14.7 Å². The number of hydrogen-bond acceptors (Lipinski definition) is 5. The summed E-state index contributed by atoms with van der Waals surface area (Å²) in [6.45, 7) is 2.00. The van der Waals surface area contributed by atoms with Gasteiger partial charge in [0.25, 0.3) is 5.56 Å². The van der Waals surface area contributed by atoms with Crippen molar-refractivity contribution in [2.45, 2.75) is 19.4 Å². The van der Waals surface area contributed by atoms with Crippen molar-refractivity contribution >= 4 is 22.4 Å². The van der Waals surface area contributed by atoms with E-state index in [1.54, 1.807) is 43.4 Å². The minimum Gasteiger partial charge on any atom is -0.506 e. The molecule has 6 nitrogen and oxygen atoms in total. The first-order chi connectivity index (χ1) is 14.5. The van der Waals surface area contributed by atoms with Gasteiger partial charge in [-0.3, -0.25) is 9.59 Å². The first-order valence-corrected chi connectivity index (χ1v) is 9.66. The Morgan fingerprint density at radius 3 is 2.53 bits per heavy atom. The van der Waals surface area contributed by atoms with Gasteiger partial charge in [0, 0.05) is 24.5 Å². The molecule has 0 aliphatic rings. The fraction of sp³-hybridized carbons (Fsp3) is 0.167. The third-order valence-electron chi connectivity index (χ3n) is 5.22. The molecular formula is C24H22N2O4. The van der Waals surface area contributed by atoms with Crippen LogP contribution in [0.1, 0.15) is 34.1 Å². The van der Waals surface area contributed by atoms with Gasteiger partial charge in [-0.15, -0.1) is 0 Å². The van der Waals surface area contributed by atoms with Crippen molar-refractivity contribution in [1.29, 1.82) is 0 Å². The number of para-hydroxylation sites is 1. The summed E-state index contributed by atoms with van der Waals surface area (Å²) in [5.41, 5.74) is 1.78. The summed E-state index contributed by atoms with van der Waals surface area (Å²) in [6.07, 6.45) is 1.48. The van der Waals surface area contributed by atoms with E-state index >= 15 is 0 Å². The highest BCUT2D eigenvalue weighted by Crippen LogP contribution is 2.30. The van der Waals surface area contributed by atoms with Crippen molar-refractivity contribution in [2.75, 3.05) is 5.32 Å². The molecule has 152 valence electrons. The number of benzene rings is 2. The van der Waals surface area contributed by atoms with Crippen LogP contribution in [0, 0.1) is 6.92 Å². The van der Waals surface area contributed by atoms with Crippen LogP contribution in [-0.4, -0.2) is 15.5 Å². The molecule has 0 radical (unpaired) electrons. The molecule has 4 aromatic rings. The average Bonchev–Trinajstić information content (AvgIpc) is 3.28. The number of carbonyl (C=O) groups excluding carboxylic acids is 1. The number of rotatable bonds is 6. The van der Waals surface area contributed by atoms with E-state index < -0.39 is 17.4 Å². The average molecular weight is 402 g/mol. The van der Waals surface area contributed by atoms with Crippen LogP contribution in [0.4, 0.5) is 5.69 Å². The van der Waals surface area contributed by atoms with E-state index in [2.05, 4.69) is 5.32 Å². The molecule has 0 aliphatic heterocycles. The molecule has 2 N–H and O–H groups in total. The van der Waals surface area contributed by atoms with E-state index in [0.717, 1.165) is 11.3 Å². The molecule has 1 atom stereocenters. The van der Waals surface area contributed by atoms with Crippen molar-refractivity contribution in [3.63, 3.8) is 0 Å². The summed E-state index contributed by atoms with van der Waals surface area (Å²) >= 11 is 0. The van der Waals surface area contributed by atoms with Crippen LogP contribution < -0.4 is 10.9 Å². The summed E-state index contributed by atoms with van der Waals surface area (Å²) in [7, 11) is 1.59. The first kappa shape index (κ1) is 19.5. The smallest absolute Gasteiger partial charge is 0.265 e. The summed E-state index contributed by atoms with van der Waals surface area (Å²) in [6, 6.07) is 17.8. The fourth-order valence-corrected chi connectivity index (χ4v) is 3.58. The van der Waals surface area contributed by atoms with E-state index in [1.165, 1.54) is 10.8 Å². The lowest BCUT2D eigenvalue weighted by atomic mass is 10.00. The number of carbonyl (C=O) groups is 1. The highest BCUT2D eigenvalue weighted by atomic mass is 16.3. The Morgan fingerprint density at radius 1 is 1.10 bits per heavy atom. The van der Waals surface area contributed by atoms with Crippen molar-refractivity contribution in [2.24, 2.45) is 7.05 Å². The minimum atomic E-state index is -0.523. The lowest BCUT2D eigenvalue weighted by Gasteiger charge is -2.18. The number of aromatic nitrogens is 1. The second-order valence-corrected chi connectivity index (χ2v) is 7.31. The van der Waals surface area contributed by atoms with Gasteiger partial charge in [-0.1, -0.05) is 29.8 Å². The Balaban J connectivity index is 1.71. The highest BCUT2D eigenvalue weighted by Gasteiger charge is 2.25. The Labute approximate surface area is 173 Å². The van der Waals surface area contributed by atoms with Gasteiger partial charge in [-0.25, -0.2) is 0 Å². The molecule has 0 fully saturated rings. The monoisotopic (exact) mass is 402 g/mol. The van der Waals surface area contributed by atoms with Gasteiger partial charge in [-0.05, 0) is 43.3 Å². The number of aromatic hydroxyl groups is 1. The van der Waals surface area contributed by atoms with Gasteiger partial charge >= 0.3 is 0 Å². The largest absolute Gasteiger partial charge is 0.506 e. The zero-order valence-corrected chi connectivity index (χ0v) is 16.8. The van der Waals surface area contributed by atoms with Gasteiger partial charge in [0.15, 0.2) is 5.78 Å². The maximum absolute atomic E-state index is 13.2. The molecule has 2 aromatic heterocycles. The number of ketones is 1. The molecule has 0 saturated carbocycles. The molecule has 0 bridgehead atoms. The molecule has 0 spiro atoms. The molecule has 6 heteroatoms. The number of Topliss-reactive ketones (excluding diaryl/α,β-unsaturated/α-hetero) is 1. The second-order valence-electron chi connectivity index (χ2n) is 7.31. The number of nitrogens with one attached hydrogen (secondary N) is 1. The van der Waals surface area contributed by atoms with Gasteiger partial charge in [0.05, 0.1) is 17.8 Å². The Kier molecular flexibility index (Phi) is 5.14. The topological polar surface area (TPSA) is 84.5 Å². The first-order valence-electron chi connectivity index (χ1n) is 9.66. The molecular weight excluding hydrogens is 380 g/mol. The molecule has 30 heavy (non-hydrogen) atoms. The zero-order valence-electron chi connectivity index (χ0n) is 16.8. The van der Waals surface area contributed by atoms with Crippen molar-refractivity contribution in [3.8, 4) is 5.75 Å². The fourth-order valence-electron chi connectivity index (χ4n) is 3.58. The molecule has 1 unspecified atom stereocenters. The Bertz CT molecular complexity index is 1260. The predicted octanol–water partition coefficient (Wildman–Crippen LogP) is 4.57. The standard InChI is InChI=1S/C24H22N2O4/c1-15-9-11-16(12-10-15)25-18(21-8-5-13-30-21)14-20(27)22-23(28)17-6-3-4-7-19(17)26(2)24(22)29/h3-13,18,25,28H,14H2,1-2H3. The highest BCUT2D eigenvalue weighted by molar-refractivity contribution is 6.03. The maximum Gasteiger partial charge on any atom is 0.265 e. The summed E-state index contributed by atoms with van der Waals surface area (Å²) < 4.78 is 6.91. The van der Waals surface area contributed by atoms with E-state index in [4.69, 9.17) is 4.42 Å². The number of anilines is 1. The van der Waals surface area contributed by atoms with Crippen LogP contribution in [0.25, 0.3) is 10.9 Å². The molecule has 0 aliphatic carbocycles. The number of nitrogens with zero attached hydrogens (tertiary/aromatic N) is 1. The van der Waals surface area contributed by atoms with Gasteiger partial charge in [0.2, 0.25) is 0 Å². The number of pyridine rings is 1. The van der Waals surface area contributed by atoms with Crippen LogP contribution in [0.3, 0.4) is 0 Å². The van der Waals surface area contributed by atoms with Gasteiger partial charge in [-0.2, -0.15) is 0 Å². The molecule has 0 saturated heterocycles. The number of aryl methyl sites for hydroxylation is 2. The molecule has 4 rings (SSSR count). The Hall–Kier alpha value is -3.80. The summed E-state index contributed by atoms with van der Waals surface area (Å²) in [5, 5.41) is 14.5. The van der Waals surface area contributed by atoms with Crippen LogP contribution in [0.15, 0.2) is 76.1 Å². The van der Waals surface area contributed by atoms with Crippen LogP contribution in [0.5, 0.6) is 5.75 Å². The molecule has 0 amide bonds. The lowest BCUT2D eigenvalue weighted by Crippen LogP contribution is -2.26. The number of hydrogen-bond donors (Lipinski definition) is 2. The maximum atomic E-state index is 13.2. The van der Waals surface area contributed by atoms with Crippen LogP contribution in [0.2, 0.25) is 0 Å². The third-order valence-corrected chi connectivity index (χ3v) is 5.22. The lowest BCUT2D eigenvalue weighted by molar-refractivity contribution is 0.0969. The third kappa shape index (κ3) is 3.59. The quantitative estimate of drug-likeness (QED) is 0.462. The van der Waals surface area contributed by atoms with Gasteiger partial charge in [0.1, 0.15) is 17.1 Å². The van der Waals surface area contributed by atoms with E-state index in [-0.39, 0.29) is 17.7 Å². The van der Waals surface area contributed by atoms with Crippen LogP contribution in [-0.2, 0) is 7.05 Å². The normalized spacial score (nSPS) is 12.1. The summed E-state index contributed by atoms with van der Waals surface area (Å²) in [5.74, 6) is -0.173. The molecule has 2 aromatic carbocycles. The zero-order chi connectivity index (χ0) is 21.3.